The van der Waals surface area contributed by atoms with Crippen LogP contribution in [-0.2, 0) is 14.6 Å². The van der Waals surface area contributed by atoms with Gasteiger partial charge in [0.2, 0.25) is 5.91 Å². The summed E-state index contributed by atoms with van der Waals surface area (Å²) in [5.74, 6) is -2.09. The minimum atomic E-state index is -3.22. The number of amides is 1. The van der Waals surface area contributed by atoms with Crippen LogP contribution in [-0.4, -0.2) is 42.3 Å². The number of hydrogen-bond donors (Lipinski definition) is 0. The van der Waals surface area contributed by atoms with Crippen LogP contribution in [0.2, 0.25) is 0 Å². The molecule has 2 fully saturated rings. The van der Waals surface area contributed by atoms with E-state index in [9.17, 15) is 22.0 Å². The van der Waals surface area contributed by atoms with E-state index in [-0.39, 0.29) is 39.9 Å². The summed E-state index contributed by atoms with van der Waals surface area (Å²) in [5, 5.41) is -0.0416. The van der Waals surface area contributed by atoms with Crippen molar-refractivity contribution in [2.75, 3.05) is 16.4 Å². The summed E-state index contributed by atoms with van der Waals surface area (Å²) >= 11 is 1.16. The maximum Gasteiger partial charge on any atom is 0.247 e. The Balaban J connectivity index is 2.06. The van der Waals surface area contributed by atoms with Crippen molar-refractivity contribution in [3.63, 3.8) is 0 Å². The van der Waals surface area contributed by atoms with E-state index < -0.39 is 27.5 Å². The Morgan fingerprint density at radius 3 is 2.78 bits per heavy atom. The highest BCUT2D eigenvalue weighted by Crippen LogP contribution is 2.41. The number of anilines is 1. The Labute approximate surface area is 136 Å². The van der Waals surface area contributed by atoms with Crippen LogP contribution in [0.4, 0.5) is 14.5 Å². The molecule has 0 N–H and O–H groups in total. The molecule has 0 aromatic heterocycles. The first-order valence-electron chi connectivity index (χ1n) is 7.03. The van der Waals surface area contributed by atoms with Crippen molar-refractivity contribution in [2.24, 2.45) is 4.99 Å². The number of amidine groups is 1. The van der Waals surface area contributed by atoms with Crippen molar-refractivity contribution < 1.29 is 22.0 Å². The van der Waals surface area contributed by atoms with Crippen LogP contribution < -0.4 is 4.90 Å². The number of nitrogens with zero attached hydrogens (tertiary/aromatic N) is 2. The van der Waals surface area contributed by atoms with Crippen LogP contribution in [0.1, 0.15) is 13.3 Å². The number of aliphatic imine (C=N–C) groups is 1. The number of halogens is 2. The van der Waals surface area contributed by atoms with Crippen LogP contribution in [0.5, 0.6) is 0 Å². The number of rotatable bonds is 2. The summed E-state index contributed by atoms with van der Waals surface area (Å²) < 4.78 is 51.0. The molecular formula is C14H14F2N2O3S2. The number of carbonyl (C=O) groups is 1. The van der Waals surface area contributed by atoms with E-state index >= 15 is 0 Å². The molecule has 1 aromatic carbocycles. The van der Waals surface area contributed by atoms with Gasteiger partial charge < -0.3 is 4.90 Å². The van der Waals surface area contributed by atoms with E-state index in [0.717, 1.165) is 23.9 Å². The first kappa shape index (κ1) is 16.4. The summed E-state index contributed by atoms with van der Waals surface area (Å²) in [5.41, 5.74) is 0.0335. The standard InChI is InChI=1S/C14H14F2N2O3S2/c1-2-13(19)17-14-18(10-4-3-8(15)5-9(10)16)11-6-23(20,21)7-12(11)22-14/h3-5,11-12H,2,6-7H2,1H3/t11-,12-/m0/s1. The Hall–Kier alpha value is -1.48. The summed E-state index contributed by atoms with van der Waals surface area (Å²) in [6, 6.07) is 2.56. The zero-order valence-electron chi connectivity index (χ0n) is 12.2. The van der Waals surface area contributed by atoms with Crippen molar-refractivity contribution in [1.29, 1.82) is 0 Å². The van der Waals surface area contributed by atoms with Gasteiger partial charge in [0.25, 0.3) is 0 Å². The Kier molecular flexibility index (Phi) is 4.18. The molecule has 9 heteroatoms. The predicted molar refractivity (Wildman–Crippen MR) is 85.4 cm³/mol. The van der Waals surface area contributed by atoms with Crippen LogP contribution in [0.15, 0.2) is 23.2 Å². The second kappa shape index (κ2) is 5.86. The molecule has 0 aliphatic carbocycles. The first-order valence-corrected chi connectivity index (χ1v) is 9.73. The molecule has 0 bridgehead atoms. The molecule has 2 atom stereocenters. The van der Waals surface area contributed by atoms with Gasteiger partial charge in [-0.2, -0.15) is 4.99 Å². The zero-order chi connectivity index (χ0) is 16.8. The predicted octanol–water partition coefficient (Wildman–Crippen LogP) is 1.98. The quantitative estimate of drug-likeness (QED) is 0.807. The number of sulfone groups is 1. The van der Waals surface area contributed by atoms with Gasteiger partial charge in [0.1, 0.15) is 11.6 Å². The van der Waals surface area contributed by atoms with E-state index in [1.165, 1.54) is 11.0 Å². The fourth-order valence-electron chi connectivity index (χ4n) is 2.71. The minimum absolute atomic E-state index is 0.0335. The van der Waals surface area contributed by atoms with Crippen molar-refractivity contribution in [3.8, 4) is 0 Å². The van der Waals surface area contributed by atoms with Crippen molar-refractivity contribution in [2.45, 2.75) is 24.6 Å². The molecule has 124 valence electrons. The highest BCUT2D eigenvalue weighted by Gasteiger charge is 2.49. The number of fused-ring (bicyclic) bond motifs is 1. The van der Waals surface area contributed by atoms with Gasteiger partial charge in [-0.25, -0.2) is 17.2 Å². The van der Waals surface area contributed by atoms with Gasteiger partial charge in [0.15, 0.2) is 15.0 Å². The van der Waals surface area contributed by atoms with Gasteiger partial charge in [0.05, 0.1) is 23.2 Å². The topological polar surface area (TPSA) is 66.8 Å². The third-order valence-corrected chi connectivity index (χ3v) is 6.97. The molecule has 1 aromatic rings. The fraction of sp³-hybridized carbons (Fsp3) is 0.429. The molecule has 2 saturated heterocycles. The monoisotopic (exact) mass is 360 g/mol. The van der Waals surface area contributed by atoms with Gasteiger partial charge >= 0.3 is 0 Å². The number of carbonyl (C=O) groups excluding carboxylic acids is 1. The van der Waals surface area contributed by atoms with E-state index in [1.54, 1.807) is 6.92 Å². The van der Waals surface area contributed by atoms with Gasteiger partial charge in [-0.15, -0.1) is 0 Å². The SMILES string of the molecule is CCC(=O)N=C1S[C@H]2CS(=O)(=O)C[C@@H]2N1c1ccc(F)cc1F. The maximum atomic E-state index is 14.2. The maximum absolute atomic E-state index is 14.2. The van der Waals surface area contributed by atoms with E-state index in [2.05, 4.69) is 4.99 Å². The smallest absolute Gasteiger partial charge is 0.247 e. The summed E-state index contributed by atoms with van der Waals surface area (Å²) in [6.07, 6.45) is 0.192. The average molecular weight is 360 g/mol. The molecule has 0 spiro atoms. The Morgan fingerprint density at radius 1 is 1.39 bits per heavy atom. The second-order valence-electron chi connectivity index (χ2n) is 5.41. The number of hydrogen-bond acceptors (Lipinski definition) is 4. The number of thioether (sulfide) groups is 1. The normalized spacial score (nSPS) is 27.4. The highest BCUT2D eigenvalue weighted by molar-refractivity contribution is 8.16. The lowest BCUT2D eigenvalue weighted by atomic mass is 10.2. The fourth-order valence-corrected chi connectivity index (χ4v) is 6.63. The molecule has 2 aliphatic rings. The summed E-state index contributed by atoms with van der Waals surface area (Å²) in [4.78, 5) is 17.0. The Bertz CT molecular complexity index is 795. The molecule has 0 saturated carbocycles. The highest BCUT2D eigenvalue weighted by atomic mass is 32.2. The lowest BCUT2D eigenvalue weighted by molar-refractivity contribution is -0.117. The number of benzene rings is 1. The van der Waals surface area contributed by atoms with E-state index in [4.69, 9.17) is 0 Å². The lowest BCUT2D eigenvalue weighted by Gasteiger charge is -2.24. The third kappa shape index (κ3) is 3.12. The van der Waals surface area contributed by atoms with Gasteiger partial charge in [-0.3, -0.25) is 4.79 Å². The lowest BCUT2D eigenvalue weighted by Crippen LogP contribution is -2.38. The molecule has 5 nitrogen and oxygen atoms in total. The first-order chi connectivity index (χ1) is 10.8. The largest absolute Gasteiger partial charge is 0.313 e. The van der Waals surface area contributed by atoms with Gasteiger partial charge in [-0.1, -0.05) is 18.7 Å². The van der Waals surface area contributed by atoms with E-state index in [1.807, 2.05) is 0 Å². The molecule has 2 aliphatic heterocycles. The molecule has 0 radical (unpaired) electrons. The Morgan fingerprint density at radius 2 is 2.13 bits per heavy atom. The van der Waals surface area contributed by atoms with Crippen molar-refractivity contribution >= 4 is 38.4 Å². The third-order valence-electron chi connectivity index (χ3n) is 3.76. The van der Waals surface area contributed by atoms with E-state index in [0.29, 0.717) is 0 Å². The molecule has 3 rings (SSSR count). The average Bonchev–Trinajstić information content (AvgIpc) is 2.91. The van der Waals surface area contributed by atoms with Crippen LogP contribution >= 0.6 is 11.8 Å². The molecule has 23 heavy (non-hydrogen) atoms. The second-order valence-corrected chi connectivity index (χ2v) is 8.77. The summed E-state index contributed by atoms with van der Waals surface area (Å²) in [7, 11) is -3.22. The van der Waals surface area contributed by atoms with Crippen LogP contribution in [0.25, 0.3) is 0 Å². The molecule has 1 amide bonds. The van der Waals surface area contributed by atoms with Crippen LogP contribution in [0, 0.1) is 11.6 Å². The van der Waals surface area contributed by atoms with Gasteiger partial charge in [0, 0.05) is 17.7 Å². The summed E-state index contributed by atoms with van der Waals surface area (Å²) in [6.45, 7) is 1.65. The zero-order valence-corrected chi connectivity index (χ0v) is 13.8. The van der Waals surface area contributed by atoms with Gasteiger partial charge in [-0.05, 0) is 12.1 Å². The minimum Gasteiger partial charge on any atom is -0.313 e. The molecule has 0 unspecified atom stereocenters. The molecular weight excluding hydrogens is 346 g/mol. The van der Waals surface area contributed by atoms with Crippen molar-refractivity contribution in [3.05, 3.63) is 29.8 Å². The van der Waals surface area contributed by atoms with Crippen LogP contribution in [0.3, 0.4) is 0 Å². The van der Waals surface area contributed by atoms with Crippen molar-refractivity contribution in [1.82, 2.24) is 0 Å². The molecule has 2 heterocycles.